The van der Waals surface area contributed by atoms with Crippen molar-refractivity contribution in [2.24, 2.45) is 7.05 Å². The lowest BCUT2D eigenvalue weighted by Crippen LogP contribution is -2.38. The van der Waals surface area contributed by atoms with E-state index >= 15 is 0 Å². The van der Waals surface area contributed by atoms with Crippen LogP contribution in [0.4, 0.5) is 16.2 Å². The van der Waals surface area contributed by atoms with Gasteiger partial charge in [-0.15, -0.1) is 0 Å². The highest BCUT2D eigenvalue weighted by Crippen LogP contribution is 2.32. The van der Waals surface area contributed by atoms with E-state index in [1.807, 2.05) is 50.6 Å². The van der Waals surface area contributed by atoms with Crippen molar-refractivity contribution in [1.29, 1.82) is 0 Å². The minimum Gasteiger partial charge on any atom is -0.307 e. The molecular weight excluding hydrogens is 402 g/mol. The first-order valence-corrected chi connectivity index (χ1v) is 11.2. The Balaban J connectivity index is 1.79. The number of hydrogen-bond donors (Lipinski definition) is 3. The molecular formula is C21H27N5O3S. The summed E-state index contributed by atoms with van der Waals surface area (Å²) >= 11 is 0. The molecule has 0 spiro atoms. The molecule has 1 heterocycles. The van der Waals surface area contributed by atoms with Crippen LogP contribution in [0.1, 0.15) is 50.7 Å². The maximum Gasteiger partial charge on any atom is 0.334 e. The average Bonchev–Trinajstić information content (AvgIpc) is 3.01. The molecule has 0 aliphatic carbocycles. The van der Waals surface area contributed by atoms with Gasteiger partial charge in [-0.2, -0.15) is 13.5 Å². The molecule has 8 nitrogen and oxygen atoms in total. The zero-order valence-electron chi connectivity index (χ0n) is 17.7. The second-order valence-corrected chi connectivity index (χ2v) is 9.24. The summed E-state index contributed by atoms with van der Waals surface area (Å²) < 4.78 is 31.0. The Bertz CT molecular complexity index is 1160. The second-order valence-electron chi connectivity index (χ2n) is 7.82. The smallest absolute Gasteiger partial charge is 0.307 e. The number of hydrogen-bond acceptors (Lipinski definition) is 4. The molecule has 0 aliphatic rings. The van der Waals surface area contributed by atoms with Gasteiger partial charge in [0.25, 0.3) is 0 Å². The van der Waals surface area contributed by atoms with E-state index in [0.29, 0.717) is 11.4 Å². The largest absolute Gasteiger partial charge is 0.334 e. The molecule has 160 valence electrons. The van der Waals surface area contributed by atoms with Gasteiger partial charge >= 0.3 is 16.2 Å². The summed E-state index contributed by atoms with van der Waals surface area (Å²) in [7, 11) is -2.36. The number of amides is 2. The van der Waals surface area contributed by atoms with Gasteiger partial charge in [-0.25, -0.2) is 9.52 Å². The van der Waals surface area contributed by atoms with E-state index in [4.69, 9.17) is 0 Å². The van der Waals surface area contributed by atoms with Gasteiger partial charge in [0.15, 0.2) is 0 Å². The van der Waals surface area contributed by atoms with Gasteiger partial charge < -0.3 is 5.32 Å². The van der Waals surface area contributed by atoms with Crippen LogP contribution in [0.5, 0.6) is 0 Å². The lowest BCUT2D eigenvalue weighted by atomic mass is 9.93. The molecule has 0 radical (unpaired) electrons. The quantitative estimate of drug-likeness (QED) is 0.543. The minimum absolute atomic E-state index is 0.166. The molecule has 2 aromatic carbocycles. The Morgan fingerprint density at radius 2 is 1.67 bits per heavy atom. The highest BCUT2D eigenvalue weighted by atomic mass is 32.2. The van der Waals surface area contributed by atoms with E-state index in [0.717, 1.165) is 22.0 Å². The molecule has 30 heavy (non-hydrogen) atoms. The molecule has 3 aromatic rings. The number of benzene rings is 2. The molecule has 3 rings (SSSR count). The third kappa shape index (κ3) is 4.73. The zero-order valence-corrected chi connectivity index (χ0v) is 18.5. The minimum atomic E-state index is -4.13. The van der Waals surface area contributed by atoms with Crippen molar-refractivity contribution in [3.63, 3.8) is 0 Å². The highest BCUT2D eigenvalue weighted by molar-refractivity contribution is 7.91. The van der Waals surface area contributed by atoms with E-state index < -0.39 is 16.2 Å². The number of carbonyl (C=O) groups is 1. The van der Waals surface area contributed by atoms with Crippen LogP contribution in [0.2, 0.25) is 0 Å². The zero-order chi connectivity index (χ0) is 22.1. The average molecular weight is 430 g/mol. The van der Waals surface area contributed by atoms with Crippen LogP contribution in [0.3, 0.4) is 0 Å². The van der Waals surface area contributed by atoms with Crippen LogP contribution in [0, 0.1) is 0 Å². The van der Waals surface area contributed by atoms with Gasteiger partial charge in [0, 0.05) is 18.1 Å². The molecule has 9 heteroatoms. The molecule has 0 saturated heterocycles. The predicted octanol–water partition coefficient (Wildman–Crippen LogP) is 4.30. The maximum absolute atomic E-state index is 12.5. The maximum atomic E-state index is 12.5. The lowest BCUT2D eigenvalue weighted by molar-refractivity contribution is 0.256. The lowest BCUT2D eigenvalue weighted by Gasteiger charge is -2.20. The molecule has 1 aromatic heterocycles. The van der Waals surface area contributed by atoms with E-state index in [1.54, 1.807) is 36.1 Å². The summed E-state index contributed by atoms with van der Waals surface area (Å²) in [4.78, 5) is 12.5. The Kier molecular flexibility index (Phi) is 6.02. The van der Waals surface area contributed by atoms with Crippen molar-refractivity contribution in [3.8, 4) is 0 Å². The number of urea groups is 1. The number of aryl methyl sites for hydroxylation is 1. The van der Waals surface area contributed by atoms with Crippen molar-refractivity contribution >= 4 is 38.5 Å². The van der Waals surface area contributed by atoms with Crippen molar-refractivity contribution in [2.75, 3.05) is 10.0 Å². The summed E-state index contributed by atoms with van der Waals surface area (Å²) in [5, 5.41) is 7.75. The second kappa shape index (κ2) is 8.35. The number of para-hydroxylation sites is 1. The van der Waals surface area contributed by atoms with Crippen LogP contribution in [0.15, 0.2) is 42.6 Å². The molecule has 0 aliphatic heterocycles. The molecule has 0 bridgehead atoms. The van der Waals surface area contributed by atoms with E-state index in [2.05, 4.69) is 15.1 Å². The van der Waals surface area contributed by atoms with Crippen LogP contribution in [0.25, 0.3) is 10.9 Å². The highest BCUT2D eigenvalue weighted by Gasteiger charge is 2.19. The Hall–Kier alpha value is -3.07. The molecule has 0 fully saturated rings. The number of rotatable bonds is 6. The first-order valence-electron chi connectivity index (χ1n) is 9.73. The van der Waals surface area contributed by atoms with Gasteiger partial charge in [0.05, 0.1) is 17.4 Å². The SMILES string of the molecule is CC(C)c1cccc(C(C)C)c1NC(=O)NS(=O)(=O)Nc1ccc2cnn(C)c2c1. The van der Waals surface area contributed by atoms with Gasteiger partial charge in [-0.3, -0.25) is 9.40 Å². The number of aromatic nitrogens is 2. The molecule has 0 unspecified atom stereocenters. The normalized spacial score (nSPS) is 11.8. The molecule has 0 atom stereocenters. The van der Waals surface area contributed by atoms with Crippen LogP contribution in [-0.4, -0.2) is 24.2 Å². The summed E-state index contributed by atoms with van der Waals surface area (Å²) in [5.74, 6) is 0.332. The summed E-state index contributed by atoms with van der Waals surface area (Å²) in [6.45, 7) is 8.09. The Labute approximate surface area is 176 Å². The molecule has 3 N–H and O–H groups in total. The van der Waals surface area contributed by atoms with Gasteiger partial charge in [-0.1, -0.05) is 45.9 Å². The van der Waals surface area contributed by atoms with Crippen molar-refractivity contribution in [2.45, 2.75) is 39.5 Å². The molecule has 2 amide bonds. The van der Waals surface area contributed by atoms with Crippen molar-refractivity contribution < 1.29 is 13.2 Å². The van der Waals surface area contributed by atoms with E-state index in [9.17, 15) is 13.2 Å². The Morgan fingerprint density at radius 3 is 2.27 bits per heavy atom. The van der Waals surface area contributed by atoms with Crippen LogP contribution in [-0.2, 0) is 17.3 Å². The summed E-state index contributed by atoms with van der Waals surface area (Å²) in [6.07, 6.45) is 1.69. The summed E-state index contributed by atoms with van der Waals surface area (Å²) in [5.41, 5.74) is 3.64. The topological polar surface area (TPSA) is 105 Å². The number of carbonyl (C=O) groups excluding carboxylic acids is 1. The van der Waals surface area contributed by atoms with Crippen molar-refractivity contribution in [3.05, 3.63) is 53.7 Å². The van der Waals surface area contributed by atoms with Gasteiger partial charge in [0.2, 0.25) is 0 Å². The van der Waals surface area contributed by atoms with Gasteiger partial charge in [0.1, 0.15) is 0 Å². The third-order valence-corrected chi connectivity index (χ3v) is 5.80. The van der Waals surface area contributed by atoms with E-state index in [1.165, 1.54) is 0 Å². The van der Waals surface area contributed by atoms with Crippen LogP contribution >= 0.6 is 0 Å². The number of nitrogens with zero attached hydrogens (tertiary/aromatic N) is 2. The fourth-order valence-corrected chi connectivity index (χ4v) is 4.13. The van der Waals surface area contributed by atoms with E-state index in [-0.39, 0.29) is 11.8 Å². The monoisotopic (exact) mass is 429 g/mol. The van der Waals surface area contributed by atoms with Crippen LogP contribution < -0.4 is 14.8 Å². The number of anilines is 2. The fraction of sp³-hybridized carbons (Fsp3) is 0.333. The predicted molar refractivity (Wildman–Crippen MR) is 120 cm³/mol. The first kappa shape index (κ1) is 21.6. The standard InChI is InChI=1S/C21H27N5O3S/c1-13(2)17-7-6-8-18(14(3)4)20(17)23-21(27)25-30(28,29)24-16-10-9-15-12-22-26(5)19(15)11-16/h6-14,24H,1-5H3,(H2,23,25,27). The van der Waals surface area contributed by atoms with Crippen molar-refractivity contribution in [1.82, 2.24) is 14.5 Å². The fourth-order valence-electron chi connectivity index (χ4n) is 3.34. The first-order chi connectivity index (χ1) is 14.1. The number of fused-ring (bicyclic) bond motifs is 1. The Morgan fingerprint density at radius 1 is 1.03 bits per heavy atom. The number of nitrogens with one attached hydrogen (secondary N) is 3. The molecule has 0 saturated carbocycles. The van der Waals surface area contributed by atoms with Gasteiger partial charge in [-0.05, 0) is 41.2 Å². The third-order valence-electron chi connectivity index (χ3n) is 4.84. The summed E-state index contributed by atoms with van der Waals surface area (Å²) in [6, 6.07) is 10.0.